The lowest BCUT2D eigenvalue weighted by atomic mass is 10.0. The van der Waals surface area contributed by atoms with E-state index in [4.69, 9.17) is 4.99 Å². The molecule has 0 radical (unpaired) electrons. The van der Waals surface area contributed by atoms with Gasteiger partial charge in [-0.1, -0.05) is 76.6 Å². The highest BCUT2D eigenvalue weighted by Crippen LogP contribution is 2.26. The number of hydrogen-bond acceptors (Lipinski definition) is 2. The minimum Gasteiger partial charge on any atom is -0.392 e. The van der Waals surface area contributed by atoms with Crippen molar-refractivity contribution < 1.29 is 5.11 Å². The van der Waals surface area contributed by atoms with Gasteiger partial charge in [0.15, 0.2) is 0 Å². The Balaban J connectivity index is 2.16. The van der Waals surface area contributed by atoms with Crippen molar-refractivity contribution in [2.75, 3.05) is 0 Å². The van der Waals surface area contributed by atoms with Crippen LogP contribution in [0.15, 0.2) is 88.3 Å². The summed E-state index contributed by atoms with van der Waals surface area (Å²) in [5.74, 6) is 0. The first-order chi connectivity index (χ1) is 11.3. The van der Waals surface area contributed by atoms with Gasteiger partial charge >= 0.3 is 0 Å². The number of aliphatic hydroxyl groups is 1. The van der Waals surface area contributed by atoms with Crippen LogP contribution in [-0.4, -0.2) is 10.8 Å². The molecule has 0 spiro atoms. The Labute approximate surface area is 144 Å². The van der Waals surface area contributed by atoms with Crippen LogP contribution in [-0.2, 0) is 6.61 Å². The maximum Gasteiger partial charge on any atom is 0.0781 e. The van der Waals surface area contributed by atoms with Gasteiger partial charge < -0.3 is 5.11 Å². The highest BCUT2D eigenvalue weighted by atomic mass is 79.9. The molecule has 3 rings (SSSR count). The van der Waals surface area contributed by atoms with Gasteiger partial charge in [0, 0.05) is 21.2 Å². The molecule has 0 heterocycles. The number of aliphatic imine (C=N–C) groups is 1. The smallest absolute Gasteiger partial charge is 0.0781 e. The van der Waals surface area contributed by atoms with Crippen LogP contribution >= 0.6 is 15.9 Å². The normalized spacial score (nSPS) is 10.3. The van der Waals surface area contributed by atoms with Crippen molar-refractivity contribution in [2.45, 2.75) is 6.61 Å². The second-order valence-corrected chi connectivity index (χ2v) is 6.04. The average Bonchev–Trinajstić information content (AvgIpc) is 2.62. The highest BCUT2D eigenvalue weighted by molar-refractivity contribution is 9.10. The molecule has 1 N–H and O–H groups in total. The minimum absolute atomic E-state index is 0.0465. The zero-order chi connectivity index (χ0) is 16.1. The summed E-state index contributed by atoms with van der Waals surface area (Å²) < 4.78 is 0.932. The van der Waals surface area contributed by atoms with Crippen molar-refractivity contribution >= 4 is 27.3 Å². The first kappa shape index (κ1) is 15.7. The largest absolute Gasteiger partial charge is 0.392 e. The summed E-state index contributed by atoms with van der Waals surface area (Å²) in [5.41, 5.74) is 4.56. The molecule has 0 bridgehead atoms. The highest BCUT2D eigenvalue weighted by Gasteiger charge is 2.09. The maximum atomic E-state index is 9.61. The van der Waals surface area contributed by atoms with Crippen molar-refractivity contribution in [2.24, 2.45) is 4.99 Å². The van der Waals surface area contributed by atoms with E-state index >= 15 is 0 Å². The van der Waals surface area contributed by atoms with Crippen LogP contribution in [0.3, 0.4) is 0 Å². The molecular weight excluding hydrogens is 350 g/mol. The van der Waals surface area contributed by atoms with Gasteiger partial charge in [-0.15, -0.1) is 0 Å². The van der Waals surface area contributed by atoms with E-state index in [1.165, 1.54) is 0 Å². The molecular formula is C20H16BrNO. The minimum atomic E-state index is -0.0465. The molecule has 3 heteroatoms. The lowest BCUT2D eigenvalue weighted by Crippen LogP contribution is -2.03. The molecule has 0 saturated heterocycles. The monoisotopic (exact) mass is 365 g/mol. The average molecular weight is 366 g/mol. The predicted molar refractivity (Wildman–Crippen MR) is 98.2 cm³/mol. The van der Waals surface area contributed by atoms with Gasteiger partial charge in [0.2, 0.25) is 0 Å². The van der Waals surface area contributed by atoms with Gasteiger partial charge in [-0.3, -0.25) is 0 Å². The molecule has 0 aliphatic heterocycles. The molecule has 23 heavy (non-hydrogen) atoms. The molecule has 0 aliphatic carbocycles. The van der Waals surface area contributed by atoms with Gasteiger partial charge in [0.25, 0.3) is 0 Å². The van der Waals surface area contributed by atoms with Gasteiger partial charge in [0.05, 0.1) is 18.0 Å². The van der Waals surface area contributed by atoms with E-state index in [-0.39, 0.29) is 6.61 Å². The van der Waals surface area contributed by atoms with E-state index < -0.39 is 0 Å². The van der Waals surface area contributed by atoms with E-state index in [1.54, 1.807) is 0 Å². The molecule has 0 amide bonds. The summed E-state index contributed by atoms with van der Waals surface area (Å²) >= 11 is 3.43. The van der Waals surface area contributed by atoms with E-state index in [0.717, 1.165) is 32.6 Å². The van der Waals surface area contributed by atoms with Crippen LogP contribution in [0.5, 0.6) is 0 Å². The van der Waals surface area contributed by atoms with Crippen LogP contribution in [0, 0.1) is 0 Å². The first-order valence-corrected chi connectivity index (χ1v) is 8.16. The Bertz CT molecular complexity index is 772. The lowest BCUT2D eigenvalue weighted by molar-refractivity contribution is 0.282. The molecule has 0 saturated carbocycles. The maximum absolute atomic E-state index is 9.61. The van der Waals surface area contributed by atoms with Crippen LogP contribution in [0.2, 0.25) is 0 Å². The van der Waals surface area contributed by atoms with Crippen LogP contribution in [0.1, 0.15) is 16.7 Å². The fraction of sp³-hybridized carbons (Fsp3) is 0.0500. The Morgan fingerprint density at radius 2 is 1.39 bits per heavy atom. The number of nitrogens with zero attached hydrogens (tertiary/aromatic N) is 1. The van der Waals surface area contributed by atoms with Gasteiger partial charge in [0.1, 0.15) is 0 Å². The van der Waals surface area contributed by atoms with E-state index in [2.05, 4.69) is 15.9 Å². The third kappa shape index (κ3) is 3.76. The van der Waals surface area contributed by atoms with Crippen LogP contribution in [0.25, 0.3) is 0 Å². The molecule has 3 aromatic carbocycles. The van der Waals surface area contributed by atoms with Gasteiger partial charge in [-0.2, -0.15) is 0 Å². The quantitative estimate of drug-likeness (QED) is 0.640. The molecule has 0 fully saturated rings. The first-order valence-electron chi connectivity index (χ1n) is 7.37. The number of aliphatic hydroxyl groups excluding tert-OH is 1. The summed E-state index contributed by atoms with van der Waals surface area (Å²) in [6, 6.07) is 25.9. The van der Waals surface area contributed by atoms with Crippen molar-refractivity contribution in [3.8, 4) is 0 Å². The zero-order valence-corrected chi connectivity index (χ0v) is 14.1. The van der Waals surface area contributed by atoms with Crippen molar-refractivity contribution in [3.05, 3.63) is 100 Å². The summed E-state index contributed by atoms with van der Waals surface area (Å²) in [5, 5.41) is 9.61. The molecule has 0 atom stereocenters. The number of hydrogen-bond donors (Lipinski definition) is 1. The summed E-state index contributed by atoms with van der Waals surface area (Å²) in [6.45, 7) is -0.0465. The standard InChI is InChI=1S/C20H16BrNO/c21-18-11-12-19(17(13-18)14-23)22-20(15-7-3-1-4-8-15)16-9-5-2-6-10-16/h1-13,23H,14H2. The van der Waals surface area contributed by atoms with E-state index in [1.807, 2.05) is 78.9 Å². The van der Waals surface area contributed by atoms with E-state index in [9.17, 15) is 5.11 Å². The van der Waals surface area contributed by atoms with Gasteiger partial charge in [-0.25, -0.2) is 4.99 Å². The number of rotatable bonds is 4. The fourth-order valence-corrected chi connectivity index (χ4v) is 2.81. The fourth-order valence-electron chi connectivity index (χ4n) is 2.40. The number of benzene rings is 3. The Kier molecular flexibility index (Phi) is 5.01. The topological polar surface area (TPSA) is 32.6 Å². The lowest BCUT2D eigenvalue weighted by Gasteiger charge is -2.10. The Morgan fingerprint density at radius 3 is 1.91 bits per heavy atom. The third-order valence-corrected chi connectivity index (χ3v) is 4.03. The molecule has 3 aromatic rings. The molecule has 0 aliphatic rings. The van der Waals surface area contributed by atoms with Crippen LogP contribution < -0.4 is 0 Å². The van der Waals surface area contributed by atoms with Crippen molar-refractivity contribution in [1.29, 1.82) is 0 Å². The Hall–Kier alpha value is -2.23. The van der Waals surface area contributed by atoms with Gasteiger partial charge in [-0.05, 0) is 18.2 Å². The second kappa shape index (κ2) is 7.36. The SMILES string of the molecule is OCc1cc(Br)ccc1N=C(c1ccccc1)c1ccccc1. The number of halogens is 1. The van der Waals surface area contributed by atoms with Crippen molar-refractivity contribution in [1.82, 2.24) is 0 Å². The summed E-state index contributed by atoms with van der Waals surface area (Å²) in [6.07, 6.45) is 0. The van der Waals surface area contributed by atoms with Crippen LogP contribution in [0.4, 0.5) is 5.69 Å². The molecule has 0 aromatic heterocycles. The molecule has 114 valence electrons. The molecule has 0 unspecified atom stereocenters. The second-order valence-electron chi connectivity index (χ2n) is 5.12. The summed E-state index contributed by atoms with van der Waals surface area (Å²) in [4.78, 5) is 4.85. The third-order valence-electron chi connectivity index (χ3n) is 3.54. The summed E-state index contributed by atoms with van der Waals surface area (Å²) in [7, 11) is 0. The Morgan fingerprint density at radius 1 is 0.826 bits per heavy atom. The van der Waals surface area contributed by atoms with Crippen molar-refractivity contribution in [3.63, 3.8) is 0 Å². The van der Waals surface area contributed by atoms with E-state index in [0.29, 0.717) is 0 Å². The predicted octanol–water partition coefficient (Wildman–Crippen LogP) is 5.11. The molecule has 2 nitrogen and oxygen atoms in total. The zero-order valence-electron chi connectivity index (χ0n) is 12.5.